The Morgan fingerprint density at radius 3 is 1.97 bits per heavy atom. The molecule has 0 aromatic carbocycles. The van der Waals surface area contributed by atoms with Crippen LogP contribution in [0.2, 0.25) is 0 Å². The van der Waals surface area contributed by atoms with Crippen molar-refractivity contribution in [3.63, 3.8) is 0 Å². The standard InChI is InChI=1S/C25H37N5O2.C21H32N4O2.C2H6/c1-18(2)20-10-19(8-7-9-30-14-24(3,4)15-30)11-28-23(20)21(29-26)12-27-13-22-31-16-25(5,6)17-32-22;1-15-7-16(24-11-20(2,3)12-24)8-22-19(15)17-9-25(23(17)6)10-18-26-13-21(4,5)14-27-18;1-2/h10-12,18,22H,9,13-17,26H2,1-6H3;7-9,18H,10-14H2,1-6H3;1-2H3/b27-12?,29-21+;;. The molecule has 0 spiro atoms. The van der Waals surface area contributed by atoms with Gasteiger partial charge in [-0.1, -0.05) is 94.9 Å². The lowest BCUT2D eigenvalue weighted by atomic mass is 9.84. The smallest absolute Gasteiger partial charge is 0.176 e. The van der Waals surface area contributed by atoms with Gasteiger partial charge in [-0.05, 0) is 46.9 Å². The quantitative estimate of drug-likeness (QED) is 0.0955. The Morgan fingerprint density at radius 2 is 1.44 bits per heavy atom. The molecule has 2 N–H and O–H groups in total. The highest BCUT2D eigenvalue weighted by molar-refractivity contribution is 6.38. The van der Waals surface area contributed by atoms with E-state index in [1.807, 2.05) is 20.0 Å². The number of aromatic nitrogens is 4. The zero-order valence-electron chi connectivity index (χ0n) is 39.8. The van der Waals surface area contributed by atoms with E-state index in [4.69, 9.17) is 29.8 Å². The minimum absolute atomic E-state index is 0.0384. The third-order valence-electron chi connectivity index (χ3n) is 11.1. The second-order valence-electron chi connectivity index (χ2n) is 20.4. The Kier molecular flexibility index (Phi) is 15.7. The Morgan fingerprint density at radius 1 is 0.852 bits per heavy atom. The van der Waals surface area contributed by atoms with Crippen molar-refractivity contribution >= 4 is 17.6 Å². The Balaban J connectivity index is 0.000000224. The van der Waals surface area contributed by atoms with Crippen molar-refractivity contribution in [1.29, 1.82) is 0 Å². The number of aliphatic imine (C=N–C) groups is 1. The van der Waals surface area contributed by atoms with E-state index in [1.54, 1.807) is 12.4 Å². The molecule has 4 saturated heterocycles. The average molecular weight is 842 g/mol. The highest BCUT2D eigenvalue weighted by Crippen LogP contribution is 2.35. The van der Waals surface area contributed by atoms with E-state index in [-0.39, 0.29) is 29.3 Å². The van der Waals surface area contributed by atoms with Gasteiger partial charge in [-0.15, -0.1) is 0 Å². The summed E-state index contributed by atoms with van der Waals surface area (Å²) >= 11 is 0. The summed E-state index contributed by atoms with van der Waals surface area (Å²) in [6.45, 7) is 37.2. The third kappa shape index (κ3) is 13.0. The van der Waals surface area contributed by atoms with Crippen molar-refractivity contribution in [3.05, 3.63) is 53.1 Å². The van der Waals surface area contributed by atoms with Gasteiger partial charge < -0.3 is 29.7 Å². The van der Waals surface area contributed by atoms with Crippen LogP contribution in [-0.2, 0) is 32.5 Å². The normalized spacial score (nSPS) is 21.1. The Hall–Kier alpha value is -4.06. The van der Waals surface area contributed by atoms with Crippen LogP contribution in [-0.4, -0.2) is 114 Å². The number of anilines is 1. The molecular weight excluding hydrogens is 767 g/mol. The van der Waals surface area contributed by atoms with Crippen LogP contribution in [0.3, 0.4) is 0 Å². The molecule has 7 heterocycles. The first kappa shape index (κ1) is 48.0. The van der Waals surface area contributed by atoms with Crippen molar-refractivity contribution < 1.29 is 18.9 Å². The van der Waals surface area contributed by atoms with Crippen molar-refractivity contribution in [1.82, 2.24) is 24.2 Å². The maximum Gasteiger partial charge on any atom is 0.176 e. The number of hydrazone groups is 1. The first-order valence-corrected chi connectivity index (χ1v) is 22.1. The van der Waals surface area contributed by atoms with Crippen LogP contribution in [0.5, 0.6) is 0 Å². The van der Waals surface area contributed by atoms with E-state index in [1.165, 1.54) is 11.3 Å². The van der Waals surface area contributed by atoms with Gasteiger partial charge in [-0.25, -0.2) is 0 Å². The number of nitrogens with zero attached hydrogens (tertiary/aromatic N) is 8. The van der Waals surface area contributed by atoms with E-state index in [9.17, 15) is 0 Å². The minimum atomic E-state index is -0.342. The van der Waals surface area contributed by atoms with Crippen LogP contribution in [0.4, 0.5) is 5.69 Å². The third-order valence-corrected chi connectivity index (χ3v) is 11.1. The molecule has 0 radical (unpaired) electrons. The van der Waals surface area contributed by atoms with Crippen LogP contribution < -0.4 is 10.7 Å². The van der Waals surface area contributed by atoms with Gasteiger partial charge in [-0.3, -0.25) is 29.2 Å². The molecule has 4 aliphatic rings. The van der Waals surface area contributed by atoms with Gasteiger partial charge in [0, 0.05) is 62.0 Å². The lowest BCUT2D eigenvalue weighted by molar-refractivity contribution is -0.228. The van der Waals surface area contributed by atoms with Gasteiger partial charge in [0.2, 0.25) is 0 Å². The second kappa shape index (κ2) is 20.0. The maximum absolute atomic E-state index is 5.85. The molecule has 0 bridgehead atoms. The van der Waals surface area contributed by atoms with Crippen LogP contribution in [0.15, 0.2) is 40.8 Å². The fourth-order valence-corrected chi connectivity index (χ4v) is 7.89. The number of ether oxygens (including phenoxy) is 4. The van der Waals surface area contributed by atoms with Gasteiger partial charge in [0.25, 0.3) is 0 Å². The van der Waals surface area contributed by atoms with Gasteiger partial charge in [-0.2, -0.15) is 5.10 Å². The van der Waals surface area contributed by atoms with Gasteiger partial charge in [0.15, 0.2) is 12.6 Å². The number of hydrogen-bond donors (Lipinski definition) is 1. The number of nitrogens with two attached hydrogens (primary N) is 1. The predicted octanol–water partition coefficient (Wildman–Crippen LogP) is 7.50. The Labute approximate surface area is 366 Å². The van der Waals surface area contributed by atoms with Gasteiger partial charge >= 0.3 is 0 Å². The van der Waals surface area contributed by atoms with Crippen molar-refractivity contribution in [2.75, 3.05) is 70.6 Å². The van der Waals surface area contributed by atoms with Crippen LogP contribution in [0, 0.1) is 40.4 Å². The summed E-state index contributed by atoms with van der Waals surface area (Å²) in [6, 6.07) is 4.33. The largest absolute Gasteiger partial charge is 0.369 e. The fourth-order valence-electron chi connectivity index (χ4n) is 7.89. The summed E-state index contributed by atoms with van der Waals surface area (Å²) in [5, 5.41) is 3.93. The molecule has 0 aliphatic carbocycles. The molecule has 0 unspecified atom stereocenters. The first-order chi connectivity index (χ1) is 28.7. The maximum atomic E-state index is 5.85. The Bertz CT molecular complexity index is 2010. The van der Waals surface area contributed by atoms with E-state index < -0.39 is 0 Å². The number of pyridine rings is 2. The molecule has 0 amide bonds. The molecular formula is C48H75N9O4. The molecule has 0 atom stereocenters. The van der Waals surface area contributed by atoms with Crippen molar-refractivity contribution in [2.45, 2.75) is 115 Å². The molecule has 3 aromatic rings. The molecule has 13 heteroatoms. The second-order valence-corrected chi connectivity index (χ2v) is 20.4. The minimum Gasteiger partial charge on any atom is -0.369 e. The van der Waals surface area contributed by atoms with Crippen molar-refractivity contribution in [2.24, 2.45) is 44.6 Å². The van der Waals surface area contributed by atoms with E-state index in [2.05, 4.69) is 148 Å². The molecule has 7 rings (SSSR count). The zero-order chi connectivity index (χ0) is 44.8. The lowest BCUT2D eigenvalue weighted by Crippen LogP contribution is -2.53. The number of likely N-dealkylation sites (tertiary alicyclic amines) is 1. The summed E-state index contributed by atoms with van der Waals surface area (Å²) in [5.74, 6) is 12.5. The highest BCUT2D eigenvalue weighted by atomic mass is 16.7. The van der Waals surface area contributed by atoms with Gasteiger partial charge in [0.05, 0.1) is 75.5 Å². The molecule has 4 aliphatic heterocycles. The summed E-state index contributed by atoms with van der Waals surface area (Å²) in [4.78, 5) is 18.6. The topological polar surface area (TPSA) is 130 Å². The molecule has 0 saturated carbocycles. The molecule has 61 heavy (non-hydrogen) atoms. The average Bonchev–Trinajstić information content (AvgIpc) is 3.18. The highest BCUT2D eigenvalue weighted by Gasteiger charge is 2.35. The van der Waals surface area contributed by atoms with Crippen LogP contribution >= 0.6 is 0 Å². The van der Waals surface area contributed by atoms with Crippen molar-refractivity contribution in [3.8, 4) is 23.2 Å². The summed E-state index contributed by atoms with van der Waals surface area (Å²) in [5.41, 5.74) is 8.81. The number of rotatable bonds is 10. The summed E-state index contributed by atoms with van der Waals surface area (Å²) in [7, 11) is 2.06. The van der Waals surface area contributed by atoms with Crippen LogP contribution in [0.25, 0.3) is 11.4 Å². The zero-order valence-corrected chi connectivity index (χ0v) is 39.8. The molecule has 4 fully saturated rings. The van der Waals surface area contributed by atoms with E-state index in [0.717, 1.165) is 74.1 Å². The number of aryl methyl sites for hydroxylation is 1. The lowest BCUT2D eigenvalue weighted by Gasteiger charge is -2.47. The summed E-state index contributed by atoms with van der Waals surface area (Å²) in [6.07, 6.45) is 7.05. The van der Waals surface area contributed by atoms with E-state index >= 15 is 0 Å². The SMILES string of the molecule is CC.CC(C)c1cc(C#CCN2CC(C)(C)C2)cnc1/C(C=NCC1OCC(C)(C)CO1)=N/N.Cc1cc(N2CC(C)(C)C2)cnc1-c1cn(CC2OCC(C)(C)CO2)n1C. The molecule has 13 nitrogen and oxygen atoms in total. The first-order valence-electron chi connectivity index (χ1n) is 22.1. The van der Waals surface area contributed by atoms with E-state index in [0.29, 0.717) is 42.8 Å². The van der Waals surface area contributed by atoms with Crippen LogP contribution in [0.1, 0.15) is 111 Å². The molecule has 336 valence electrons. The molecule has 3 aromatic heterocycles. The van der Waals surface area contributed by atoms with Gasteiger partial charge in [0.1, 0.15) is 11.4 Å². The summed E-state index contributed by atoms with van der Waals surface area (Å²) < 4.78 is 27.4. The predicted molar refractivity (Wildman–Crippen MR) is 247 cm³/mol. The fraction of sp³-hybridized carbons (Fsp3) is 0.667. The monoisotopic (exact) mass is 842 g/mol. The number of hydrogen-bond acceptors (Lipinski definition) is 11.